The molecule has 0 saturated carbocycles. The molecule has 19 heavy (non-hydrogen) atoms. The normalized spacial score (nSPS) is 12.3. The van der Waals surface area contributed by atoms with Crippen molar-refractivity contribution in [2.24, 2.45) is 5.92 Å². The molecular weight excluding hydrogens is 250 g/mol. The van der Waals surface area contributed by atoms with Crippen LogP contribution in [-0.2, 0) is 6.42 Å². The average Bonchev–Trinajstić information content (AvgIpc) is 2.32. The molecule has 0 aliphatic heterocycles. The van der Waals surface area contributed by atoms with Gasteiger partial charge in [-0.15, -0.1) is 0 Å². The van der Waals surface area contributed by atoms with Crippen LogP contribution in [0.4, 0.5) is 13.6 Å². The fourth-order valence-corrected chi connectivity index (χ4v) is 1.50. The van der Waals surface area contributed by atoms with Crippen LogP contribution in [0.25, 0.3) is 0 Å². The predicted octanol–water partition coefficient (Wildman–Crippen LogP) is 2.85. The summed E-state index contributed by atoms with van der Waals surface area (Å²) < 4.78 is 26.6. The first kappa shape index (κ1) is 15.4. The molecule has 0 fully saturated rings. The monoisotopic (exact) mass is 270 g/mol. The van der Waals surface area contributed by atoms with E-state index in [-0.39, 0.29) is 30.6 Å². The van der Waals surface area contributed by atoms with E-state index in [9.17, 15) is 13.6 Å². The summed E-state index contributed by atoms with van der Waals surface area (Å²) >= 11 is 0. The molecule has 1 unspecified atom stereocenters. The quantitative estimate of drug-likeness (QED) is 0.848. The van der Waals surface area contributed by atoms with Crippen molar-refractivity contribution in [2.45, 2.75) is 33.2 Å². The van der Waals surface area contributed by atoms with Crippen LogP contribution in [0, 0.1) is 17.6 Å². The topological polar surface area (TPSA) is 41.1 Å². The van der Waals surface area contributed by atoms with Gasteiger partial charge in [-0.1, -0.05) is 19.9 Å². The van der Waals surface area contributed by atoms with E-state index in [0.29, 0.717) is 5.92 Å². The van der Waals surface area contributed by atoms with Gasteiger partial charge in [-0.2, -0.15) is 0 Å². The van der Waals surface area contributed by atoms with Crippen LogP contribution < -0.4 is 10.6 Å². The lowest BCUT2D eigenvalue weighted by atomic mass is 10.1. The highest BCUT2D eigenvalue weighted by atomic mass is 19.1. The molecular formula is C14H20F2N2O. The lowest BCUT2D eigenvalue weighted by Gasteiger charge is -2.17. The maximum absolute atomic E-state index is 13.3. The molecule has 1 aromatic rings. The molecule has 0 heterocycles. The lowest BCUT2D eigenvalue weighted by molar-refractivity contribution is 0.234. The molecule has 0 spiro atoms. The van der Waals surface area contributed by atoms with Gasteiger partial charge in [0.25, 0.3) is 0 Å². The fraction of sp³-hybridized carbons (Fsp3) is 0.500. The lowest BCUT2D eigenvalue weighted by Crippen LogP contribution is -2.43. The maximum atomic E-state index is 13.3. The molecule has 0 radical (unpaired) electrons. The first-order chi connectivity index (χ1) is 8.91. The Morgan fingerprint density at radius 1 is 1.21 bits per heavy atom. The summed E-state index contributed by atoms with van der Waals surface area (Å²) in [5.41, 5.74) is -0.000270. The Morgan fingerprint density at radius 3 is 2.32 bits per heavy atom. The summed E-state index contributed by atoms with van der Waals surface area (Å²) in [6, 6.07) is 3.46. The van der Waals surface area contributed by atoms with Crippen molar-refractivity contribution < 1.29 is 13.6 Å². The van der Waals surface area contributed by atoms with Gasteiger partial charge in [-0.3, -0.25) is 0 Å². The molecule has 3 nitrogen and oxygen atoms in total. The summed E-state index contributed by atoms with van der Waals surface area (Å²) in [5.74, 6) is -0.842. The molecule has 106 valence electrons. The summed E-state index contributed by atoms with van der Waals surface area (Å²) in [7, 11) is 0. The smallest absolute Gasteiger partial charge is 0.315 e. The molecule has 0 aromatic heterocycles. The van der Waals surface area contributed by atoms with Gasteiger partial charge in [-0.25, -0.2) is 13.6 Å². The maximum Gasteiger partial charge on any atom is 0.315 e. The number of benzene rings is 1. The van der Waals surface area contributed by atoms with Crippen LogP contribution in [0.15, 0.2) is 18.2 Å². The van der Waals surface area contributed by atoms with Gasteiger partial charge in [0.15, 0.2) is 0 Å². The van der Waals surface area contributed by atoms with Gasteiger partial charge in [0.2, 0.25) is 0 Å². The number of amides is 2. The van der Waals surface area contributed by atoms with Crippen molar-refractivity contribution in [2.75, 3.05) is 6.54 Å². The third-order valence-corrected chi connectivity index (χ3v) is 3.08. The van der Waals surface area contributed by atoms with Gasteiger partial charge in [0.05, 0.1) is 0 Å². The van der Waals surface area contributed by atoms with Crippen LogP contribution in [0.5, 0.6) is 0 Å². The molecule has 1 atom stereocenters. The molecule has 2 amide bonds. The molecule has 2 N–H and O–H groups in total. The minimum atomic E-state index is -0.585. The summed E-state index contributed by atoms with van der Waals surface area (Å²) in [6.45, 7) is 6.09. The largest absolute Gasteiger partial charge is 0.338 e. The highest BCUT2D eigenvalue weighted by Crippen LogP contribution is 2.11. The van der Waals surface area contributed by atoms with E-state index in [1.165, 1.54) is 18.2 Å². The zero-order valence-electron chi connectivity index (χ0n) is 11.5. The van der Waals surface area contributed by atoms with Crippen LogP contribution in [0.3, 0.4) is 0 Å². The third-order valence-electron chi connectivity index (χ3n) is 3.08. The fourth-order valence-electron chi connectivity index (χ4n) is 1.50. The van der Waals surface area contributed by atoms with Gasteiger partial charge < -0.3 is 10.6 Å². The molecule has 1 aromatic carbocycles. The first-order valence-electron chi connectivity index (χ1n) is 6.39. The molecule has 0 saturated heterocycles. The second-order valence-electron chi connectivity index (χ2n) is 4.88. The van der Waals surface area contributed by atoms with Crippen LogP contribution >= 0.6 is 0 Å². The zero-order chi connectivity index (χ0) is 14.4. The Balaban J connectivity index is 2.40. The molecule has 5 heteroatoms. The summed E-state index contributed by atoms with van der Waals surface area (Å²) in [6.07, 6.45) is 0.127. The number of hydrogen-bond donors (Lipinski definition) is 2. The van der Waals surface area contributed by atoms with E-state index in [0.717, 1.165) is 0 Å². The van der Waals surface area contributed by atoms with E-state index in [1.807, 2.05) is 20.8 Å². The number of halogens is 2. The summed E-state index contributed by atoms with van der Waals surface area (Å²) in [5, 5.41) is 5.35. The predicted molar refractivity (Wildman–Crippen MR) is 70.9 cm³/mol. The Labute approximate surface area is 112 Å². The van der Waals surface area contributed by atoms with Gasteiger partial charge in [0, 0.05) is 18.2 Å². The number of nitrogens with one attached hydrogen (secondary N) is 2. The van der Waals surface area contributed by atoms with E-state index in [1.54, 1.807) is 0 Å². The highest BCUT2D eigenvalue weighted by Gasteiger charge is 2.11. The highest BCUT2D eigenvalue weighted by molar-refractivity contribution is 5.74. The number of rotatable bonds is 5. The van der Waals surface area contributed by atoms with E-state index >= 15 is 0 Å². The second-order valence-corrected chi connectivity index (χ2v) is 4.88. The van der Waals surface area contributed by atoms with Crippen molar-refractivity contribution in [3.63, 3.8) is 0 Å². The Kier molecular flexibility index (Phi) is 5.73. The number of hydrogen-bond acceptors (Lipinski definition) is 1. The van der Waals surface area contributed by atoms with E-state index < -0.39 is 11.6 Å². The Morgan fingerprint density at radius 2 is 1.79 bits per heavy atom. The summed E-state index contributed by atoms with van der Waals surface area (Å²) in [4.78, 5) is 11.5. The van der Waals surface area contributed by atoms with Gasteiger partial charge >= 0.3 is 6.03 Å². The Hall–Kier alpha value is -1.65. The first-order valence-corrected chi connectivity index (χ1v) is 6.39. The SMILES string of the molecule is CC(C)C(C)NC(=O)NCCc1c(F)cccc1F. The van der Waals surface area contributed by atoms with Crippen molar-refractivity contribution in [3.05, 3.63) is 35.4 Å². The van der Waals surface area contributed by atoms with Gasteiger partial charge in [0.1, 0.15) is 11.6 Å². The van der Waals surface area contributed by atoms with Crippen molar-refractivity contribution in [3.8, 4) is 0 Å². The average molecular weight is 270 g/mol. The second kappa shape index (κ2) is 7.07. The van der Waals surface area contributed by atoms with Crippen LogP contribution in [0.1, 0.15) is 26.3 Å². The van der Waals surface area contributed by atoms with Crippen molar-refractivity contribution in [1.29, 1.82) is 0 Å². The number of urea groups is 1. The minimum Gasteiger partial charge on any atom is -0.338 e. The van der Waals surface area contributed by atoms with Crippen molar-refractivity contribution in [1.82, 2.24) is 10.6 Å². The molecule has 1 rings (SSSR count). The van der Waals surface area contributed by atoms with E-state index in [4.69, 9.17) is 0 Å². The minimum absolute atomic E-state index is 0.000270. The van der Waals surface area contributed by atoms with Crippen LogP contribution in [-0.4, -0.2) is 18.6 Å². The number of carbonyl (C=O) groups is 1. The van der Waals surface area contributed by atoms with E-state index in [2.05, 4.69) is 10.6 Å². The Bertz CT molecular complexity index is 415. The number of carbonyl (C=O) groups excluding carboxylic acids is 1. The molecule has 0 aliphatic carbocycles. The third kappa shape index (κ3) is 4.85. The standard InChI is InChI=1S/C14H20F2N2O/c1-9(2)10(3)18-14(19)17-8-7-11-12(15)5-4-6-13(11)16/h4-6,9-10H,7-8H2,1-3H3,(H2,17,18,19). The van der Waals surface area contributed by atoms with Gasteiger partial charge in [-0.05, 0) is 31.4 Å². The van der Waals surface area contributed by atoms with Crippen molar-refractivity contribution >= 4 is 6.03 Å². The molecule has 0 bridgehead atoms. The van der Waals surface area contributed by atoms with Crippen LogP contribution in [0.2, 0.25) is 0 Å². The molecule has 0 aliphatic rings. The zero-order valence-corrected chi connectivity index (χ0v) is 11.5.